The molecule has 4 rings (SSSR count). The Hall–Kier alpha value is -1.10. The van der Waals surface area contributed by atoms with E-state index in [-0.39, 0.29) is 35.6 Å². The second-order valence-corrected chi connectivity index (χ2v) is 10.2. The van der Waals surface area contributed by atoms with Crippen molar-refractivity contribution in [2.75, 3.05) is 36.0 Å². The largest absolute Gasteiger partial charge is 0.356 e. The lowest BCUT2D eigenvalue weighted by atomic mass is 10.1. The van der Waals surface area contributed by atoms with Crippen LogP contribution >= 0.6 is 24.0 Å². The lowest BCUT2D eigenvalue weighted by Gasteiger charge is -2.33. The first-order valence-corrected chi connectivity index (χ1v) is 11.8. The van der Waals surface area contributed by atoms with Gasteiger partial charge in [-0.05, 0) is 50.2 Å². The molecule has 2 N–H and O–H groups in total. The average molecular weight is 519 g/mol. The molecule has 1 atom stereocenters. The normalized spacial score (nSPS) is 25.2. The molecule has 3 aliphatic rings. The third-order valence-electron chi connectivity index (χ3n) is 5.56. The highest BCUT2D eigenvalue weighted by atomic mass is 127. The van der Waals surface area contributed by atoms with Crippen LogP contribution in [-0.2, 0) is 9.84 Å². The van der Waals surface area contributed by atoms with Crippen molar-refractivity contribution in [2.24, 2.45) is 10.9 Å². The van der Waals surface area contributed by atoms with E-state index in [1.165, 1.54) is 12.8 Å². The summed E-state index contributed by atoms with van der Waals surface area (Å²) in [6.45, 7) is 2.55. The van der Waals surface area contributed by atoms with Crippen LogP contribution in [0, 0.1) is 5.92 Å². The first kappa shape index (κ1) is 21.6. The number of guanidine groups is 1. The number of pyridine rings is 1. The molecule has 2 aliphatic heterocycles. The molecular weight excluding hydrogens is 489 g/mol. The van der Waals surface area contributed by atoms with Gasteiger partial charge in [0.25, 0.3) is 0 Å². The first-order chi connectivity index (χ1) is 13.1. The molecule has 1 saturated carbocycles. The Morgan fingerprint density at radius 2 is 1.82 bits per heavy atom. The van der Waals surface area contributed by atoms with Gasteiger partial charge in [0.1, 0.15) is 5.82 Å². The summed E-state index contributed by atoms with van der Waals surface area (Å²) >= 11 is 0. The molecule has 0 spiro atoms. The Morgan fingerprint density at radius 1 is 1.11 bits per heavy atom. The van der Waals surface area contributed by atoms with Gasteiger partial charge in [-0.15, -0.1) is 24.0 Å². The molecule has 1 aromatic heterocycles. The summed E-state index contributed by atoms with van der Waals surface area (Å²) < 4.78 is 23.3. The molecule has 0 radical (unpaired) electrons. The number of sulfone groups is 1. The van der Waals surface area contributed by atoms with Crippen LogP contribution in [0.4, 0.5) is 5.82 Å². The van der Waals surface area contributed by atoms with E-state index in [1.807, 2.05) is 18.3 Å². The zero-order chi connectivity index (χ0) is 18.7. The van der Waals surface area contributed by atoms with E-state index in [1.54, 1.807) is 0 Å². The highest BCUT2D eigenvalue weighted by Crippen LogP contribution is 2.21. The van der Waals surface area contributed by atoms with E-state index in [9.17, 15) is 8.42 Å². The zero-order valence-corrected chi connectivity index (χ0v) is 19.2. The van der Waals surface area contributed by atoms with Crippen LogP contribution in [0.5, 0.6) is 0 Å². The Morgan fingerprint density at radius 3 is 2.39 bits per heavy atom. The molecule has 1 aromatic rings. The zero-order valence-electron chi connectivity index (χ0n) is 16.1. The number of hydrogen-bond acceptors (Lipinski definition) is 5. The van der Waals surface area contributed by atoms with Gasteiger partial charge in [0.2, 0.25) is 0 Å². The van der Waals surface area contributed by atoms with Crippen molar-refractivity contribution in [3.63, 3.8) is 0 Å². The Labute approximate surface area is 184 Å². The van der Waals surface area contributed by atoms with Gasteiger partial charge in [-0.2, -0.15) is 0 Å². The van der Waals surface area contributed by atoms with Crippen LogP contribution in [0.25, 0.3) is 0 Å². The molecule has 9 heteroatoms. The molecule has 2 saturated heterocycles. The second kappa shape index (κ2) is 9.60. The molecule has 3 heterocycles. The molecule has 156 valence electrons. The second-order valence-electron chi connectivity index (χ2n) is 7.97. The topological polar surface area (TPSA) is 86.7 Å². The van der Waals surface area contributed by atoms with Crippen molar-refractivity contribution in [3.05, 3.63) is 24.4 Å². The minimum absolute atomic E-state index is 0. The SMILES string of the molecule is I.O=S1(=O)CCC(CN=C(NC2CC2)NC2CCN(c3ccccn3)CC2)C1. The number of hydrogen-bond donors (Lipinski definition) is 2. The van der Waals surface area contributed by atoms with Crippen molar-refractivity contribution in [1.82, 2.24) is 15.6 Å². The molecule has 0 amide bonds. The van der Waals surface area contributed by atoms with Crippen LogP contribution in [0.15, 0.2) is 29.4 Å². The van der Waals surface area contributed by atoms with Gasteiger partial charge in [-0.3, -0.25) is 4.99 Å². The predicted molar refractivity (Wildman–Crippen MR) is 123 cm³/mol. The maximum atomic E-state index is 11.6. The van der Waals surface area contributed by atoms with Crippen LogP contribution < -0.4 is 15.5 Å². The van der Waals surface area contributed by atoms with Crippen molar-refractivity contribution in [1.29, 1.82) is 0 Å². The molecule has 0 aromatic carbocycles. The number of aromatic nitrogens is 1. The van der Waals surface area contributed by atoms with Gasteiger partial charge in [0, 0.05) is 37.9 Å². The highest BCUT2D eigenvalue weighted by molar-refractivity contribution is 14.0. The number of nitrogens with one attached hydrogen (secondary N) is 2. The first-order valence-electron chi connectivity index (χ1n) is 10.0. The maximum absolute atomic E-state index is 11.6. The number of anilines is 1. The van der Waals surface area contributed by atoms with Gasteiger partial charge >= 0.3 is 0 Å². The average Bonchev–Trinajstić information content (AvgIpc) is 3.42. The number of nitrogens with zero attached hydrogens (tertiary/aromatic N) is 3. The smallest absolute Gasteiger partial charge is 0.191 e. The minimum atomic E-state index is -2.84. The third-order valence-corrected chi connectivity index (χ3v) is 7.40. The maximum Gasteiger partial charge on any atom is 0.191 e. The van der Waals surface area contributed by atoms with E-state index >= 15 is 0 Å². The fourth-order valence-electron chi connectivity index (χ4n) is 3.78. The van der Waals surface area contributed by atoms with Gasteiger partial charge in [0.15, 0.2) is 15.8 Å². The van der Waals surface area contributed by atoms with Crippen molar-refractivity contribution in [3.8, 4) is 0 Å². The lowest BCUT2D eigenvalue weighted by molar-refractivity contribution is 0.458. The fourth-order valence-corrected chi connectivity index (χ4v) is 5.63. The number of halogens is 1. The van der Waals surface area contributed by atoms with E-state index < -0.39 is 9.84 Å². The van der Waals surface area contributed by atoms with Gasteiger partial charge in [0.05, 0.1) is 11.5 Å². The summed E-state index contributed by atoms with van der Waals surface area (Å²) in [5.74, 6) is 2.67. The van der Waals surface area contributed by atoms with Gasteiger partial charge < -0.3 is 15.5 Å². The summed E-state index contributed by atoms with van der Waals surface area (Å²) in [7, 11) is -2.84. The van der Waals surface area contributed by atoms with Crippen LogP contribution in [-0.4, -0.2) is 62.6 Å². The minimum Gasteiger partial charge on any atom is -0.356 e. The summed E-state index contributed by atoms with van der Waals surface area (Å²) in [6.07, 6.45) is 7.05. The van der Waals surface area contributed by atoms with Crippen LogP contribution in [0.3, 0.4) is 0 Å². The van der Waals surface area contributed by atoms with Crippen LogP contribution in [0.2, 0.25) is 0 Å². The summed E-state index contributed by atoms with van der Waals surface area (Å²) in [5.41, 5.74) is 0. The Balaban J connectivity index is 0.00000225. The molecule has 1 aliphatic carbocycles. The molecule has 0 bridgehead atoms. The van der Waals surface area contributed by atoms with Crippen molar-refractivity contribution < 1.29 is 8.42 Å². The van der Waals surface area contributed by atoms with Crippen LogP contribution in [0.1, 0.15) is 32.1 Å². The van der Waals surface area contributed by atoms with E-state index in [4.69, 9.17) is 4.99 Å². The highest BCUT2D eigenvalue weighted by Gasteiger charge is 2.29. The summed E-state index contributed by atoms with van der Waals surface area (Å²) in [5, 5.41) is 7.08. The summed E-state index contributed by atoms with van der Waals surface area (Å²) in [4.78, 5) is 11.5. The van der Waals surface area contributed by atoms with E-state index in [0.717, 1.165) is 44.1 Å². The molecule has 3 fully saturated rings. The fraction of sp³-hybridized carbons (Fsp3) is 0.684. The summed E-state index contributed by atoms with van der Waals surface area (Å²) in [6, 6.07) is 6.95. The van der Waals surface area contributed by atoms with Crippen molar-refractivity contribution >= 4 is 45.6 Å². The van der Waals surface area contributed by atoms with Gasteiger partial charge in [-0.1, -0.05) is 6.07 Å². The number of piperidine rings is 1. The predicted octanol–water partition coefficient (Wildman–Crippen LogP) is 1.80. The molecular formula is C19H30IN5O2S. The monoisotopic (exact) mass is 519 g/mol. The number of aliphatic imine (C=N–C) groups is 1. The van der Waals surface area contributed by atoms with Crippen molar-refractivity contribution in [2.45, 2.75) is 44.2 Å². The Bertz CT molecular complexity index is 762. The standard InChI is InChI=1S/C19H29N5O2S.HI/c25-27(26)12-8-15(14-27)13-21-19(22-16-4-5-16)23-17-6-10-24(11-7-17)18-3-1-2-9-20-18;/h1-3,9,15-17H,4-8,10-14H2,(H2,21,22,23);1H. The third kappa shape index (κ3) is 6.20. The van der Waals surface area contributed by atoms with Gasteiger partial charge in [-0.25, -0.2) is 13.4 Å². The number of rotatable bonds is 5. The Kier molecular flexibility index (Phi) is 7.41. The molecule has 1 unspecified atom stereocenters. The molecule has 28 heavy (non-hydrogen) atoms. The van der Waals surface area contributed by atoms with E-state index in [2.05, 4.69) is 26.6 Å². The lowest BCUT2D eigenvalue weighted by Crippen LogP contribution is -2.49. The van der Waals surface area contributed by atoms with E-state index in [0.29, 0.717) is 24.4 Å². The molecule has 7 nitrogen and oxygen atoms in total. The quantitative estimate of drug-likeness (QED) is 0.351.